The van der Waals surface area contributed by atoms with Crippen LogP contribution in [0.5, 0.6) is 5.75 Å². The Bertz CT molecular complexity index is 727. The molecule has 0 atom stereocenters. The van der Waals surface area contributed by atoms with E-state index >= 15 is 0 Å². The Balaban J connectivity index is 1.56. The minimum Gasteiger partial charge on any atom is -0.486 e. The number of para-hydroxylation sites is 1. The minimum atomic E-state index is 0.222. The third kappa shape index (κ3) is 5.29. The smallest absolute Gasteiger partial charge is 0.226 e. The second-order valence-corrected chi connectivity index (χ2v) is 7.61. The van der Waals surface area contributed by atoms with Crippen LogP contribution in [0.4, 0.5) is 0 Å². The van der Waals surface area contributed by atoms with Crippen molar-refractivity contribution in [2.24, 2.45) is 5.92 Å². The molecule has 0 aliphatic heterocycles. The maximum Gasteiger partial charge on any atom is 0.226 e. The summed E-state index contributed by atoms with van der Waals surface area (Å²) in [6, 6.07) is 7.97. The number of rotatable bonds is 10. The van der Waals surface area contributed by atoms with Crippen LogP contribution in [0.25, 0.3) is 0 Å². The number of hydrogen-bond acceptors (Lipinski definition) is 5. The van der Waals surface area contributed by atoms with Gasteiger partial charge in [0.05, 0.1) is 12.2 Å². The van der Waals surface area contributed by atoms with E-state index in [-0.39, 0.29) is 11.8 Å². The van der Waals surface area contributed by atoms with E-state index in [9.17, 15) is 4.79 Å². The lowest BCUT2D eigenvalue weighted by molar-refractivity contribution is -0.133. The standard InChI is InChI=1S/C20H26N2O3S/c1-15-6-3-4-7-18(15)25-13-19-21-17(14-26-19)12-22(10-5-11-24-2)20(23)16-8-9-16/h3-4,6-7,14,16H,5,8-13H2,1-2H3. The van der Waals surface area contributed by atoms with Gasteiger partial charge in [0, 0.05) is 31.6 Å². The van der Waals surface area contributed by atoms with Crippen molar-refractivity contribution in [3.63, 3.8) is 0 Å². The zero-order chi connectivity index (χ0) is 18.4. The molecule has 0 radical (unpaired) electrons. The van der Waals surface area contributed by atoms with Crippen LogP contribution in [0, 0.1) is 12.8 Å². The number of thiazole rings is 1. The number of benzene rings is 1. The fraction of sp³-hybridized carbons (Fsp3) is 0.500. The molecule has 1 amide bonds. The number of aromatic nitrogens is 1. The molecule has 0 unspecified atom stereocenters. The van der Waals surface area contributed by atoms with E-state index in [2.05, 4.69) is 4.98 Å². The highest BCUT2D eigenvalue weighted by Gasteiger charge is 2.33. The van der Waals surface area contributed by atoms with Gasteiger partial charge in [-0.1, -0.05) is 18.2 Å². The van der Waals surface area contributed by atoms with Crippen LogP contribution in [-0.4, -0.2) is 36.1 Å². The molecular weight excluding hydrogens is 348 g/mol. The number of hydrogen-bond donors (Lipinski definition) is 0. The maximum absolute atomic E-state index is 12.5. The van der Waals surface area contributed by atoms with Gasteiger partial charge in [0.2, 0.25) is 5.91 Å². The van der Waals surface area contributed by atoms with Crippen LogP contribution in [0.1, 0.15) is 35.5 Å². The third-order valence-corrected chi connectivity index (χ3v) is 5.28. The Kier molecular flexibility index (Phi) is 6.63. The van der Waals surface area contributed by atoms with Gasteiger partial charge in [-0.2, -0.15) is 0 Å². The molecule has 3 rings (SSSR count). The lowest BCUT2D eigenvalue weighted by Crippen LogP contribution is -2.33. The molecule has 1 heterocycles. The molecule has 1 aliphatic carbocycles. The molecule has 0 N–H and O–H groups in total. The summed E-state index contributed by atoms with van der Waals surface area (Å²) in [5.41, 5.74) is 2.05. The van der Waals surface area contributed by atoms with Gasteiger partial charge in [-0.05, 0) is 37.8 Å². The average molecular weight is 375 g/mol. The van der Waals surface area contributed by atoms with Crippen molar-refractivity contribution in [2.75, 3.05) is 20.3 Å². The fourth-order valence-electron chi connectivity index (χ4n) is 2.80. The van der Waals surface area contributed by atoms with Crippen LogP contribution >= 0.6 is 11.3 Å². The molecule has 1 aliphatic rings. The monoisotopic (exact) mass is 374 g/mol. The molecular formula is C20H26N2O3S. The Hall–Kier alpha value is -1.92. The molecule has 1 aromatic carbocycles. The van der Waals surface area contributed by atoms with Crippen molar-refractivity contribution in [1.29, 1.82) is 0 Å². The van der Waals surface area contributed by atoms with Gasteiger partial charge >= 0.3 is 0 Å². The highest BCUT2D eigenvalue weighted by atomic mass is 32.1. The second kappa shape index (κ2) is 9.14. The zero-order valence-electron chi connectivity index (χ0n) is 15.4. The largest absolute Gasteiger partial charge is 0.486 e. The number of methoxy groups -OCH3 is 1. The predicted octanol–water partition coefficient (Wildman–Crippen LogP) is 3.81. The first-order valence-electron chi connectivity index (χ1n) is 9.07. The van der Waals surface area contributed by atoms with Gasteiger partial charge in [0.25, 0.3) is 0 Å². The quantitative estimate of drug-likeness (QED) is 0.594. The molecule has 1 saturated carbocycles. The lowest BCUT2D eigenvalue weighted by atomic mass is 10.2. The zero-order valence-corrected chi connectivity index (χ0v) is 16.3. The number of carbonyl (C=O) groups excluding carboxylic acids is 1. The van der Waals surface area contributed by atoms with E-state index in [1.807, 2.05) is 41.5 Å². The first kappa shape index (κ1) is 18.9. The summed E-state index contributed by atoms with van der Waals surface area (Å²) in [7, 11) is 1.69. The first-order chi connectivity index (χ1) is 12.7. The molecule has 6 heteroatoms. The van der Waals surface area contributed by atoms with Crippen LogP contribution in [0.2, 0.25) is 0 Å². The summed E-state index contributed by atoms with van der Waals surface area (Å²) in [4.78, 5) is 19.1. The van der Waals surface area contributed by atoms with Gasteiger partial charge in [-0.15, -0.1) is 11.3 Å². The summed E-state index contributed by atoms with van der Waals surface area (Å²) in [6.45, 7) is 4.44. The molecule has 0 spiro atoms. The van der Waals surface area contributed by atoms with Crippen molar-refractivity contribution < 1.29 is 14.3 Å². The Morgan fingerprint density at radius 1 is 1.35 bits per heavy atom. The summed E-state index contributed by atoms with van der Waals surface area (Å²) in [5.74, 6) is 1.36. The number of nitrogens with zero attached hydrogens (tertiary/aromatic N) is 2. The molecule has 1 aromatic heterocycles. The number of ether oxygens (including phenoxy) is 2. The van der Waals surface area contributed by atoms with Crippen LogP contribution in [0.3, 0.4) is 0 Å². The van der Waals surface area contributed by atoms with Gasteiger partial charge in [0.15, 0.2) is 0 Å². The van der Waals surface area contributed by atoms with Crippen LogP contribution in [0.15, 0.2) is 29.6 Å². The molecule has 5 nitrogen and oxygen atoms in total. The summed E-state index contributed by atoms with van der Waals surface area (Å²) >= 11 is 1.58. The number of amides is 1. The predicted molar refractivity (Wildman–Crippen MR) is 102 cm³/mol. The SMILES string of the molecule is COCCCN(Cc1csc(COc2ccccc2C)n1)C(=O)C1CC1. The van der Waals surface area contributed by atoms with E-state index in [1.165, 1.54) is 0 Å². The molecule has 0 saturated heterocycles. The molecule has 2 aromatic rings. The van der Waals surface area contributed by atoms with Crippen LogP contribution in [-0.2, 0) is 22.7 Å². The number of aryl methyl sites for hydroxylation is 1. The fourth-order valence-corrected chi connectivity index (χ4v) is 3.49. The van der Waals surface area contributed by atoms with Crippen molar-refractivity contribution >= 4 is 17.2 Å². The summed E-state index contributed by atoms with van der Waals surface area (Å²) < 4.78 is 11.0. The molecule has 1 fully saturated rings. The Morgan fingerprint density at radius 2 is 2.15 bits per heavy atom. The maximum atomic E-state index is 12.5. The highest BCUT2D eigenvalue weighted by Crippen LogP contribution is 2.31. The van der Waals surface area contributed by atoms with E-state index in [4.69, 9.17) is 9.47 Å². The first-order valence-corrected chi connectivity index (χ1v) is 9.94. The van der Waals surface area contributed by atoms with Gasteiger partial charge in [-0.25, -0.2) is 4.98 Å². The minimum absolute atomic E-state index is 0.222. The molecule has 26 heavy (non-hydrogen) atoms. The van der Waals surface area contributed by atoms with Gasteiger partial charge in [0.1, 0.15) is 17.4 Å². The average Bonchev–Trinajstić information content (AvgIpc) is 3.40. The lowest BCUT2D eigenvalue weighted by Gasteiger charge is -2.21. The summed E-state index contributed by atoms with van der Waals surface area (Å²) in [6.07, 6.45) is 2.89. The Labute approximate surface area is 159 Å². The van der Waals surface area contributed by atoms with E-state index in [0.29, 0.717) is 19.8 Å². The van der Waals surface area contributed by atoms with E-state index in [1.54, 1.807) is 18.4 Å². The van der Waals surface area contributed by atoms with Gasteiger partial charge < -0.3 is 14.4 Å². The Morgan fingerprint density at radius 3 is 2.88 bits per heavy atom. The van der Waals surface area contributed by atoms with E-state index < -0.39 is 0 Å². The third-order valence-electron chi connectivity index (χ3n) is 4.41. The van der Waals surface area contributed by atoms with Crippen molar-refractivity contribution in [1.82, 2.24) is 9.88 Å². The van der Waals surface area contributed by atoms with E-state index in [0.717, 1.165) is 47.8 Å². The van der Waals surface area contributed by atoms with Gasteiger partial charge in [-0.3, -0.25) is 4.79 Å². The normalized spacial score (nSPS) is 13.6. The highest BCUT2D eigenvalue weighted by molar-refractivity contribution is 7.09. The molecule has 0 bridgehead atoms. The topological polar surface area (TPSA) is 51.7 Å². The number of carbonyl (C=O) groups is 1. The van der Waals surface area contributed by atoms with Crippen LogP contribution < -0.4 is 4.74 Å². The second-order valence-electron chi connectivity index (χ2n) is 6.67. The van der Waals surface area contributed by atoms with Crippen molar-refractivity contribution in [2.45, 2.75) is 39.3 Å². The van der Waals surface area contributed by atoms with Crippen molar-refractivity contribution in [3.05, 3.63) is 45.9 Å². The van der Waals surface area contributed by atoms with Crippen molar-refractivity contribution in [3.8, 4) is 5.75 Å². The molecule has 140 valence electrons. The summed E-state index contributed by atoms with van der Waals surface area (Å²) in [5, 5.41) is 2.96.